The molecule has 2 unspecified atom stereocenters. The lowest BCUT2D eigenvalue weighted by Crippen LogP contribution is -2.46. The molecule has 1 saturated heterocycles. The van der Waals surface area contributed by atoms with E-state index in [9.17, 15) is 5.11 Å². The highest BCUT2D eigenvalue weighted by Crippen LogP contribution is 2.17. The third kappa shape index (κ3) is 4.73. The van der Waals surface area contributed by atoms with Crippen LogP contribution in [0.2, 0.25) is 0 Å². The van der Waals surface area contributed by atoms with Gasteiger partial charge in [0.25, 0.3) is 0 Å². The van der Waals surface area contributed by atoms with Crippen molar-refractivity contribution in [1.82, 2.24) is 10.2 Å². The fourth-order valence-electron chi connectivity index (χ4n) is 2.87. The summed E-state index contributed by atoms with van der Waals surface area (Å²) in [6.45, 7) is 9.77. The first-order chi connectivity index (χ1) is 10.6. The average Bonchev–Trinajstić information content (AvgIpc) is 2.52. The molecule has 1 aromatic carbocycles. The first-order valence-electron chi connectivity index (χ1n) is 8.38. The van der Waals surface area contributed by atoms with Crippen LogP contribution >= 0.6 is 0 Å². The molecule has 1 fully saturated rings. The number of nitrogens with one attached hydrogen (secondary N) is 1. The van der Waals surface area contributed by atoms with Crippen LogP contribution in [-0.2, 0) is 0 Å². The molecule has 0 spiro atoms. The predicted octanol–water partition coefficient (Wildman–Crippen LogP) is 2.73. The molecule has 0 amide bonds. The van der Waals surface area contributed by atoms with Gasteiger partial charge in [0.1, 0.15) is 0 Å². The summed E-state index contributed by atoms with van der Waals surface area (Å²) in [4.78, 5) is 6.97. The highest BCUT2D eigenvalue weighted by molar-refractivity contribution is 5.80. The number of guanidine groups is 1. The van der Waals surface area contributed by atoms with Gasteiger partial charge in [0, 0.05) is 19.6 Å². The van der Waals surface area contributed by atoms with Crippen LogP contribution in [0.15, 0.2) is 29.3 Å². The monoisotopic (exact) mass is 303 g/mol. The van der Waals surface area contributed by atoms with E-state index >= 15 is 0 Å². The van der Waals surface area contributed by atoms with Crippen LogP contribution in [0.25, 0.3) is 0 Å². The summed E-state index contributed by atoms with van der Waals surface area (Å²) in [5.74, 6) is 1.64. The van der Waals surface area contributed by atoms with Gasteiger partial charge < -0.3 is 15.3 Å². The second-order valence-corrected chi connectivity index (χ2v) is 6.31. The molecule has 0 radical (unpaired) electrons. The van der Waals surface area contributed by atoms with Gasteiger partial charge >= 0.3 is 0 Å². The van der Waals surface area contributed by atoms with E-state index in [1.54, 1.807) is 0 Å². The average molecular weight is 303 g/mol. The summed E-state index contributed by atoms with van der Waals surface area (Å²) >= 11 is 0. The van der Waals surface area contributed by atoms with E-state index in [1.807, 2.05) is 24.3 Å². The molecule has 1 heterocycles. The van der Waals surface area contributed by atoms with E-state index in [4.69, 9.17) is 0 Å². The number of likely N-dealkylation sites (tertiary alicyclic amines) is 1. The summed E-state index contributed by atoms with van der Waals surface area (Å²) in [6, 6.07) is 8.01. The minimum Gasteiger partial charge on any atom is -0.386 e. The molecule has 1 aromatic rings. The molecular weight excluding hydrogens is 274 g/mol. The van der Waals surface area contributed by atoms with Crippen molar-refractivity contribution < 1.29 is 5.11 Å². The van der Waals surface area contributed by atoms with Crippen molar-refractivity contribution in [1.29, 1.82) is 0 Å². The summed E-state index contributed by atoms with van der Waals surface area (Å²) in [5, 5.41) is 13.7. The van der Waals surface area contributed by atoms with Crippen LogP contribution in [0.1, 0.15) is 43.9 Å². The van der Waals surface area contributed by atoms with Crippen LogP contribution in [0, 0.1) is 12.8 Å². The van der Waals surface area contributed by atoms with Crippen molar-refractivity contribution in [3.05, 3.63) is 35.4 Å². The molecular formula is C18H29N3O. The number of aliphatic hydroxyl groups is 1. The number of benzene rings is 1. The van der Waals surface area contributed by atoms with Crippen molar-refractivity contribution in [2.24, 2.45) is 10.9 Å². The van der Waals surface area contributed by atoms with Crippen molar-refractivity contribution in [2.45, 2.75) is 39.7 Å². The van der Waals surface area contributed by atoms with E-state index in [0.29, 0.717) is 12.5 Å². The van der Waals surface area contributed by atoms with E-state index in [0.717, 1.165) is 31.2 Å². The summed E-state index contributed by atoms with van der Waals surface area (Å²) in [5.41, 5.74) is 2.13. The Morgan fingerprint density at radius 3 is 2.77 bits per heavy atom. The highest BCUT2D eigenvalue weighted by Gasteiger charge is 2.19. The fraction of sp³-hybridized carbons (Fsp3) is 0.611. The Kier molecular flexibility index (Phi) is 6.25. The zero-order valence-corrected chi connectivity index (χ0v) is 14.0. The Morgan fingerprint density at radius 1 is 1.41 bits per heavy atom. The second kappa shape index (κ2) is 8.18. The Hall–Kier alpha value is -1.55. The summed E-state index contributed by atoms with van der Waals surface area (Å²) in [6.07, 6.45) is 1.96. The van der Waals surface area contributed by atoms with Crippen LogP contribution < -0.4 is 5.32 Å². The number of rotatable bonds is 4. The van der Waals surface area contributed by atoms with Crippen LogP contribution in [0.5, 0.6) is 0 Å². The zero-order chi connectivity index (χ0) is 15.9. The molecule has 0 aromatic heterocycles. The van der Waals surface area contributed by atoms with Crippen LogP contribution in [0.3, 0.4) is 0 Å². The Labute approximate surface area is 134 Å². The number of piperidine rings is 1. The number of aryl methyl sites for hydroxylation is 1. The van der Waals surface area contributed by atoms with Gasteiger partial charge in [-0.25, -0.2) is 0 Å². The molecule has 122 valence electrons. The summed E-state index contributed by atoms with van der Waals surface area (Å²) < 4.78 is 0. The van der Waals surface area contributed by atoms with Gasteiger partial charge in [-0.3, -0.25) is 4.99 Å². The maximum atomic E-state index is 10.3. The summed E-state index contributed by atoms with van der Waals surface area (Å²) in [7, 11) is 0. The number of aliphatic imine (C=N–C) groups is 1. The van der Waals surface area contributed by atoms with Gasteiger partial charge in [-0.15, -0.1) is 0 Å². The number of aliphatic hydroxyl groups excluding tert-OH is 1. The molecule has 4 nitrogen and oxygen atoms in total. The van der Waals surface area contributed by atoms with Crippen molar-refractivity contribution in [3.8, 4) is 0 Å². The van der Waals surface area contributed by atoms with Gasteiger partial charge in [0.15, 0.2) is 5.96 Å². The van der Waals surface area contributed by atoms with Crippen molar-refractivity contribution >= 4 is 5.96 Å². The normalized spacial score (nSPS) is 20.8. The predicted molar refractivity (Wildman–Crippen MR) is 92.1 cm³/mol. The SMILES string of the molecule is CCNC(=NCC(O)c1ccc(C)cc1)N1CCCC(C)C1. The quantitative estimate of drug-likeness (QED) is 0.664. The molecule has 0 bridgehead atoms. The standard InChI is InChI=1S/C18H29N3O/c1-4-19-18(21-11-5-6-15(3)13-21)20-12-17(22)16-9-7-14(2)8-10-16/h7-10,15,17,22H,4-6,11-13H2,1-3H3,(H,19,20). The molecule has 0 aliphatic carbocycles. The second-order valence-electron chi connectivity index (χ2n) is 6.31. The minimum atomic E-state index is -0.545. The number of nitrogens with zero attached hydrogens (tertiary/aromatic N) is 2. The third-order valence-corrected chi connectivity index (χ3v) is 4.17. The first kappa shape index (κ1) is 16.8. The maximum absolute atomic E-state index is 10.3. The van der Waals surface area contributed by atoms with Crippen LogP contribution in [-0.4, -0.2) is 42.1 Å². The van der Waals surface area contributed by atoms with E-state index in [1.165, 1.54) is 18.4 Å². The Balaban J connectivity index is 2.01. The maximum Gasteiger partial charge on any atom is 0.194 e. The Morgan fingerprint density at radius 2 is 2.14 bits per heavy atom. The molecule has 0 saturated carbocycles. The number of hydrogen-bond acceptors (Lipinski definition) is 2. The molecule has 22 heavy (non-hydrogen) atoms. The van der Waals surface area contributed by atoms with Crippen molar-refractivity contribution in [2.75, 3.05) is 26.2 Å². The van der Waals surface area contributed by atoms with Crippen molar-refractivity contribution in [3.63, 3.8) is 0 Å². The lowest BCUT2D eigenvalue weighted by atomic mass is 10.0. The smallest absolute Gasteiger partial charge is 0.194 e. The van der Waals surface area contributed by atoms with E-state index < -0.39 is 6.10 Å². The molecule has 2 atom stereocenters. The van der Waals surface area contributed by atoms with E-state index in [-0.39, 0.29) is 0 Å². The molecule has 2 rings (SSSR count). The van der Waals surface area contributed by atoms with Crippen LogP contribution in [0.4, 0.5) is 0 Å². The Bertz CT molecular complexity index is 484. The number of hydrogen-bond donors (Lipinski definition) is 2. The van der Waals surface area contributed by atoms with Gasteiger partial charge in [0.2, 0.25) is 0 Å². The molecule has 1 aliphatic rings. The molecule has 2 N–H and O–H groups in total. The van der Waals surface area contributed by atoms with Gasteiger partial charge in [0.05, 0.1) is 12.6 Å². The molecule has 4 heteroatoms. The zero-order valence-electron chi connectivity index (χ0n) is 14.0. The fourth-order valence-corrected chi connectivity index (χ4v) is 2.87. The first-order valence-corrected chi connectivity index (χ1v) is 8.38. The lowest BCUT2D eigenvalue weighted by molar-refractivity contribution is 0.186. The molecule has 1 aliphatic heterocycles. The highest BCUT2D eigenvalue weighted by atomic mass is 16.3. The van der Waals surface area contributed by atoms with Gasteiger partial charge in [-0.1, -0.05) is 36.8 Å². The third-order valence-electron chi connectivity index (χ3n) is 4.17. The van der Waals surface area contributed by atoms with E-state index in [2.05, 4.69) is 36.0 Å². The minimum absolute atomic E-state index is 0.399. The lowest BCUT2D eigenvalue weighted by Gasteiger charge is -2.33. The topological polar surface area (TPSA) is 47.9 Å². The van der Waals surface area contributed by atoms with Gasteiger partial charge in [-0.05, 0) is 38.2 Å². The van der Waals surface area contributed by atoms with Gasteiger partial charge in [-0.2, -0.15) is 0 Å². The largest absolute Gasteiger partial charge is 0.386 e.